The van der Waals surface area contributed by atoms with Crippen molar-refractivity contribution in [1.82, 2.24) is 0 Å². The molecule has 2 aromatic rings. The van der Waals surface area contributed by atoms with Gasteiger partial charge in [-0.05, 0) is 23.8 Å². The fourth-order valence-electron chi connectivity index (χ4n) is 1.74. The predicted octanol–water partition coefficient (Wildman–Crippen LogP) is 3.12. The molecule has 2 aromatic carbocycles. The summed E-state index contributed by atoms with van der Waals surface area (Å²) in [4.78, 5) is 10.9. The molecule has 0 fully saturated rings. The molecule has 0 unspecified atom stereocenters. The van der Waals surface area contributed by atoms with Crippen molar-refractivity contribution < 1.29 is 9.53 Å². The second-order valence-corrected chi connectivity index (χ2v) is 3.87. The minimum atomic E-state index is -0.101. The zero-order chi connectivity index (χ0) is 13.0. The summed E-state index contributed by atoms with van der Waals surface area (Å²) < 4.78 is 5.31. The number of carbonyl (C=O) groups is 1. The molecule has 1 radical (unpaired) electrons. The van der Waals surface area contributed by atoms with Crippen LogP contribution in [0.15, 0.2) is 42.5 Å². The predicted molar refractivity (Wildman–Crippen MR) is 71.6 cm³/mol. The van der Waals surface area contributed by atoms with Gasteiger partial charge in [0.15, 0.2) is 0 Å². The van der Waals surface area contributed by atoms with Gasteiger partial charge in [-0.25, -0.2) is 0 Å². The van der Waals surface area contributed by atoms with E-state index in [9.17, 15) is 4.79 Å². The first-order valence-corrected chi connectivity index (χ1v) is 5.63. The van der Waals surface area contributed by atoms with Gasteiger partial charge in [-0.1, -0.05) is 24.3 Å². The molecular weight excluding hydrogens is 226 g/mol. The number of methoxy groups -OCH3 is 1. The third-order valence-corrected chi connectivity index (χ3v) is 2.54. The lowest BCUT2D eigenvalue weighted by Gasteiger charge is -2.09. The first-order chi connectivity index (χ1) is 8.70. The van der Waals surface area contributed by atoms with Crippen LogP contribution in [0.4, 0.5) is 5.69 Å². The van der Waals surface area contributed by atoms with Crippen LogP contribution in [0.3, 0.4) is 0 Å². The van der Waals surface area contributed by atoms with E-state index in [1.165, 1.54) is 6.92 Å². The first-order valence-electron chi connectivity index (χ1n) is 5.63. The number of hydrogen-bond acceptors (Lipinski definition) is 2. The number of benzene rings is 2. The molecule has 0 atom stereocenters. The van der Waals surface area contributed by atoms with Crippen molar-refractivity contribution in [2.45, 2.75) is 6.92 Å². The maximum Gasteiger partial charge on any atom is 0.221 e. The second-order valence-electron chi connectivity index (χ2n) is 3.87. The zero-order valence-electron chi connectivity index (χ0n) is 10.4. The van der Waals surface area contributed by atoms with Gasteiger partial charge in [0, 0.05) is 24.2 Å². The van der Waals surface area contributed by atoms with Crippen LogP contribution in [0, 0.1) is 6.07 Å². The molecule has 0 aliphatic rings. The average Bonchev–Trinajstić information content (AvgIpc) is 2.39. The SMILES string of the molecule is COc1ccccc1-c1c[c]c(NC(C)=O)cc1. The van der Waals surface area contributed by atoms with E-state index in [4.69, 9.17) is 4.74 Å². The fourth-order valence-corrected chi connectivity index (χ4v) is 1.74. The topological polar surface area (TPSA) is 38.3 Å². The zero-order valence-corrected chi connectivity index (χ0v) is 10.4. The first kappa shape index (κ1) is 12.2. The van der Waals surface area contributed by atoms with E-state index in [0.29, 0.717) is 5.69 Å². The smallest absolute Gasteiger partial charge is 0.221 e. The maximum absolute atomic E-state index is 10.9. The van der Waals surface area contributed by atoms with Gasteiger partial charge in [0.05, 0.1) is 7.11 Å². The summed E-state index contributed by atoms with van der Waals surface area (Å²) in [5.41, 5.74) is 2.67. The normalized spacial score (nSPS) is 9.89. The number of hydrogen-bond donors (Lipinski definition) is 1. The van der Waals surface area contributed by atoms with E-state index in [2.05, 4.69) is 11.4 Å². The summed E-state index contributed by atoms with van der Waals surface area (Å²) in [5, 5.41) is 2.69. The number of anilines is 1. The Hall–Kier alpha value is -2.29. The van der Waals surface area contributed by atoms with E-state index < -0.39 is 0 Å². The summed E-state index contributed by atoms with van der Waals surface area (Å²) in [6.07, 6.45) is 0. The van der Waals surface area contributed by atoms with Crippen molar-refractivity contribution >= 4 is 11.6 Å². The number of nitrogens with one attached hydrogen (secondary N) is 1. The number of para-hydroxylation sites is 1. The fraction of sp³-hybridized carbons (Fsp3) is 0.133. The van der Waals surface area contributed by atoms with Crippen LogP contribution >= 0.6 is 0 Å². The number of amides is 1. The van der Waals surface area contributed by atoms with Crippen molar-refractivity contribution in [3.63, 3.8) is 0 Å². The van der Waals surface area contributed by atoms with E-state index >= 15 is 0 Å². The maximum atomic E-state index is 10.9. The summed E-state index contributed by atoms with van der Waals surface area (Å²) >= 11 is 0. The largest absolute Gasteiger partial charge is 0.496 e. The van der Waals surface area contributed by atoms with E-state index in [1.807, 2.05) is 42.5 Å². The molecule has 0 saturated heterocycles. The van der Waals surface area contributed by atoms with Crippen LogP contribution < -0.4 is 10.1 Å². The Kier molecular flexibility index (Phi) is 3.63. The Bertz CT molecular complexity index is 547. The Balaban J connectivity index is 2.31. The molecule has 3 nitrogen and oxygen atoms in total. The number of rotatable bonds is 3. The molecule has 1 N–H and O–H groups in total. The van der Waals surface area contributed by atoms with Gasteiger partial charge in [0.25, 0.3) is 0 Å². The van der Waals surface area contributed by atoms with Crippen LogP contribution in [-0.4, -0.2) is 13.0 Å². The average molecular weight is 240 g/mol. The molecule has 1 amide bonds. The molecule has 91 valence electrons. The van der Waals surface area contributed by atoms with E-state index in [0.717, 1.165) is 16.9 Å². The highest BCUT2D eigenvalue weighted by Crippen LogP contribution is 2.29. The van der Waals surface area contributed by atoms with Gasteiger partial charge in [-0.2, -0.15) is 0 Å². The molecule has 0 aromatic heterocycles. The molecule has 0 aliphatic carbocycles. The van der Waals surface area contributed by atoms with E-state index in [1.54, 1.807) is 7.11 Å². The number of ether oxygens (including phenoxy) is 1. The Labute approximate surface area is 106 Å². The van der Waals surface area contributed by atoms with Gasteiger partial charge in [0.2, 0.25) is 5.91 Å². The van der Waals surface area contributed by atoms with Crippen molar-refractivity contribution in [2.75, 3.05) is 12.4 Å². The van der Waals surface area contributed by atoms with Crippen molar-refractivity contribution in [3.05, 3.63) is 48.5 Å². The minimum absolute atomic E-state index is 0.101. The highest BCUT2D eigenvalue weighted by atomic mass is 16.5. The molecule has 2 rings (SSSR count). The number of carbonyl (C=O) groups excluding carboxylic acids is 1. The van der Waals surface area contributed by atoms with Crippen LogP contribution in [0.1, 0.15) is 6.92 Å². The standard InChI is InChI=1S/C15H14NO2/c1-11(17)16-13-9-7-12(8-10-13)14-5-3-4-6-15(14)18-2/h3-9H,1-2H3,(H,16,17). The van der Waals surface area contributed by atoms with Gasteiger partial charge in [-0.15, -0.1) is 0 Å². The Morgan fingerprint density at radius 1 is 1.22 bits per heavy atom. The second kappa shape index (κ2) is 5.36. The highest BCUT2D eigenvalue weighted by molar-refractivity contribution is 5.88. The van der Waals surface area contributed by atoms with Crippen molar-refractivity contribution in [3.8, 4) is 16.9 Å². The molecule has 0 spiro atoms. The van der Waals surface area contributed by atoms with E-state index in [-0.39, 0.29) is 5.91 Å². The van der Waals surface area contributed by atoms with Crippen LogP contribution in [0.25, 0.3) is 11.1 Å². The van der Waals surface area contributed by atoms with Crippen LogP contribution in [0.5, 0.6) is 5.75 Å². The summed E-state index contributed by atoms with van der Waals surface area (Å²) in [6.45, 7) is 1.47. The van der Waals surface area contributed by atoms with Gasteiger partial charge >= 0.3 is 0 Å². The van der Waals surface area contributed by atoms with Crippen molar-refractivity contribution in [1.29, 1.82) is 0 Å². The summed E-state index contributed by atoms with van der Waals surface area (Å²) in [5.74, 6) is 0.717. The molecule has 0 bridgehead atoms. The van der Waals surface area contributed by atoms with Crippen molar-refractivity contribution in [2.24, 2.45) is 0 Å². The molecule has 0 heterocycles. The third kappa shape index (κ3) is 2.69. The molecule has 0 aliphatic heterocycles. The van der Waals surface area contributed by atoms with Crippen LogP contribution in [0.2, 0.25) is 0 Å². The molecule has 3 heteroatoms. The Morgan fingerprint density at radius 2 is 2.00 bits per heavy atom. The quantitative estimate of drug-likeness (QED) is 0.895. The lowest BCUT2D eigenvalue weighted by Crippen LogP contribution is -2.05. The molecule has 18 heavy (non-hydrogen) atoms. The van der Waals surface area contributed by atoms with Gasteiger partial charge in [0.1, 0.15) is 5.75 Å². The lowest BCUT2D eigenvalue weighted by atomic mass is 10.0. The molecule has 0 saturated carbocycles. The Morgan fingerprint density at radius 3 is 2.61 bits per heavy atom. The summed E-state index contributed by atoms with van der Waals surface area (Å²) in [7, 11) is 1.65. The molecular formula is C15H14NO2. The monoisotopic (exact) mass is 240 g/mol. The van der Waals surface area contributed by atoms with Gasteiger partial charge < -0.3 is 10.1 Å². The third-order valence-electron chi connectivity index (χ3n) is 2.54. The highest BCUT2D eigenvalue weighted by Gasteiger charge is 2.04. The van der Waals surface area contributed by atoms with Crippen LogP contribution in [-0.2, 0) is 4.79 Å². The van der Waals surface area contributed by atoms with Gasteiger partial charge in [-0.3, -0.25) is 4.79 Å². The minimum Gasteiger partial charge on any atom is -0.496 e. The lowest BCUT2D eigenvalue weighted by molar-refractivity contribution is -0.114. The summed E-state index contributed by atoms with van der Waals surface area (Å²) in [6, 6.07) is 16.4.